The van der Waals surface area contributed by atoms with E-state index in [9.17, 15) is 9.18 Å². The van der Waals surface area contributed by atoms with Crippen molar-refractivity contribution in [2.45, 2.75) is 26.3 Å². The summed E-state index contributed by atoms with van der Waals surface area (Å²) in [5, 5.41) is 6.93. The molecule has 0 saturated carbocycles. The second kappa shape index (κ2) is 9.57. The molecule has 0 spiro atoms. The number of aromatic nitrogens is 2. The van der Waals surface area contributed by atoms with Crippen LogP contribution in [0.25, 0.3) is 11.4 Å². The molecule has 0 atom stereocenters. The van der Waals surface area contributed by atoms with Crippen molar-refractivity contribution in [3.63, 3.8) is 0 Å². The van der Waals surface area contributed by atoms with Crippen LogP contribution in [-0.2, 0) is 11.3 Å². The van der Waals surface area contributed by atoms with Gasteiger partial charge < -0.3 is 9.84 Å². The highest BCUT2D eigenvalue weighted by molar-refractivity contribution is 5.77. The number of amides is 1. The SMILES string of the molecule is CCCCNC(=O)CN1CCN(Cc2nc(-c3ccc(F)cc3)no2)CC1. The van der Waals surface area contributed by atoms with Crippen LogP contribution in [0.15, 0.2) is 28.8 Å². The fraction of sp³-hybridized carbons (Fsp3) is 0.526. The van der Waals surface area contributed by atoms with Gasteiger partial charge in [-0.1, -0.05) is 18.5 Å². The summed E-state index contributed by atoms with van der Waals surface area (Å²) in [6, 6.07) is 6.02. The molecule has 0 unspecified atom stereocenters. The second-order valence-corrected chi connectivity index (χ2v) is 6.77. The predicted octanol–water partition coefficient (Wildman–Crippen LogP) is 1.91. The van der Waals surface area contributed by atoms with Gasteiger partial charge in [0.15, 0.2) is 0 Å². The van der Waals surface area contributed by atoms with Gasteiger partial charge in [0.1, 0.15) is 5.82 Å². The number of piperazine rings is 1. The first-order chi connectivity index (χ1) is 13.1. The van der Waals surface area contributed by atoms with E-state index in [1.807, 2.05) is 0 Å². The van der Waals surface area contributed by atoms with Gasteiger partial charge in [-0.25, -0.2) is 4.39 Å². The highest BCUT2D eigenvalue weighted by Crippen LogP contribution is 2.17. The van der Waals surface area contributed by atoms with Crippen molar-refractivity contribution in [3.8, 4) is 11.4 Å². The molecule has 1 fully saturated rings. The lowest BCUT2D eigenvalue weighted by Crippen LogP contribution is -2.49. The van der Waals surface area contributed by atoms with Crippen LogP contribution in [0.2, 0.25) is 0 Å². The number of nitrogens with one attached hydrogen (secondary N) is 1. The van der Waals surface area contributed by atoms with Crippen molar-refractivity contribution in [2.75, 3.05) is 39.3 Å². The molecule has 2 aromatic rings. The van der Waals surface area contributed by atoms with E-state index < -0.39 is 0 Å². The van der Waals surface area contributed by atoms with E-state index >= 15 is 0 Å². The lowest BCUT2D eigenvalue weighted by molar-refractivity contribution is -0.122. The minimum absolute atomic E-state index is 0.0951. The Morgan fingerprint density at radius 2 is 1.89 bits per heavy atom. The molecule has 1 saturated heterocycles. The Morgan fingerprint density at radius 1 is 1.19 bits per heavy atom. The third-order valence-electron chi connectivity index (χ3n) is 4.61. The Hall–Kier alpha value is -2.32. The first-order valence-electron chi connectivity index (χ1n) is 9.44. The van der Waals surface area contributed by atoms with E-state index in [4.69, 9.17) is 4.52 Å². The Kier molecular flexibility index (Phi) is 6.89. The Morgan fingerprint density at radius 3 is 2.59 bits per heavy atom. The molecule has 7 nitrogen and oxygen atoms in total. The second-order valence-electron chi connectivity index (χ2n) is 6.77. The predicted molar refractivity (Wildman–Crippen MR) is 99.3 cm³/mol. The summed E-state index contributed by atoms with van der Waals surface area (Å²) in [4.78, 5) is 20.7. The number of carbonyl (C=O) groups excluding carboxylic acids is 1. The van der Waals surface area contributed by atoms with Gasteiger partial charge >= 0.3 is 0 Å². The fourth-order valence-corrected chi connectivity index (χ4v) is 3.00. The molecule has 0 bridgehead atoms. The summed E-state index contributed by atoms with van der Waals surface area (Å²) in [5.74, 6) is 0.810. The number of rotatable bonds is 8. The van der Waals surface area contributed by atoms with Gasteiger partial charge in [-0.05, 0) is 30.7 Å². The minimum Gasteiger partial charge on any atom is -0.355 e. The summed E-state index contributed by atoms with van der Waals surface area (Å²) in [6.45, 7) is 7.24. The summed E-state index contributed by atoms with van der Waals surface area (Å²) < 4.78 is 18.3. The quantitative estimate of drug-likeness (QED) is 0.711. The average Bonchev–Trinajstić information content (AvgIpc) is 3.13. The maximum Gasteiger partial charge on any atom is 0.241 e. The maximum atomic E-state index is 13.0. The summed E-state index contributed by atoms with van der Waals surface area (Å²) >= 11 is 0. The molecule has 1 aromatic heterocycles. The fourth-order valence-electron chi connectivity index (χ4n) is 3.00. The molecular weight excluding hydrogens is 349 g/mol. The molecule has 8 heteroatoms. The monoisotopic (exact) mass is 375 g/mol. The smallest absolute Gasteiger partial charge is 0.241 e. The molecule has 1 aromatic carbocycles. The molecule has 1 aliphatic heterocycles. The maximum absolute atomic E-state index is 13.0. The lowest BCUT2D eigenvalue weighted by atomic mass is 10.2. The van der Waals surface area contributed by atoms with Crippen LogP contribution in [0.5, 0.6) is 0 Å². The first kappa shape index (κ1) is 19.4. The van der Waals surface area contributed by atoms with E-state index in [-0.39, 0.29) is 11.7 Å². The third-order valence-corrected chi connectivity index (χ3v) is 4.61. The van der Waals surface area contributed by atoms with E-state index in [0.29, 0.717) is 24.8 Å². The van der Waals surface area contributed by atoms with Crippen molar-refractivity contribution >= 4 is 5.91 Å². The lowest BCUT2D eigenvalue weighted by Gasteiger charge is -2.33. The molecule has 2 heterocycles. The zero-order chi connectivity index (χ0) is 19.1. The Balaban J connectivity index is 1.43. The van der Waals surface area contributed by atoms with Crippen LogP contribution in [0, 0.1) is 5.82 Å². The molecule has 0 aliphatic carbocycles. The third kappa shape index (κ3) is 5.83. The minimum atomic E-state index is -0.292. The van der Waals surface area contributed by atoms with Crippen LogP contribution >= 0.6 is 0 Å². The van der Waals surface area contributed by atoms with E-state index in [1.165, 1.54) is 12.1 Å². The summed E-state index contributed by atoms with van der Waals surface area (Å²) in [7, 11) is 0. The standard InChI is InChI=1S/C19H26FN5O2/c1-2-3-8-21-17(26)13-24-9-11-25(12-10-24)14-18-22-19(23-27-18)15-4-6-16(20)7-5-15/h4-7H,2-3,8-14H2,1H3,(H,21,26). The number of nitrogens with zero attached hydrogens (tertiary/aromatic N) is 4. The van der Waals surface area contributed by atoms with Gasteiger partial charge in [0.2, 0.25) is 17.6 Å². The normalized spacial score (nSPS) is 15.8. The molecule has 146 valence electrons. The van der Waals surface area contributed by atoms with Gasteiger partial charge in [-0.2, -0.15) is 4.98 Å². The zero-order valence-corrected chi connectivity index (χ0v) is 15.7. The van der Waals surface area contributed by atoms with Crippen molar-refractivity contribution < 1.29 is 13.7 Å². The molecule has 1 N–H and O–H groups in total. The van der Waals surface area contributed by atoms with Gasteiger partial charge in [0.05, 0.1) is 13.1 Å². The van der Waals surface area contributed by atoms with Gasteiger partial charge in [0, 0.05) is 38.3 Å². The van der Waals surface area contributed by atoms with Crippen LogP contribution < -0.4 is 5.32 Å². The number of carbonyl (C=O) groups is 1. The van der Waals surface area contributed by atoms with Crippen molar-refractivity contribution in [3.05, 3.63) is 36.0 Å². The highest BCUT2D eigenvalue weighted by Gasteiger charge is 2.21. The van der Waals surface area contributed by atoms with E-state index in [0.717, 1.165) is 51.1 Å². The van der Waals surface area contributed by atoms with Crippen molar-refractivity contribution in [2.24, 2.45) is 0 Å². The molecule has 27 heavy (non-hydrogen) atoms. The van der Waals surface area contributed by atoms with Crippen molar-refractivity contribution in [1.82, 2.24) is 25.3 Å². The van der Waals surface area contributed by atoms with Crippen LogP contribution in [0.4, 0.5) is 4.39 Å². The van der Waals surface area contributed by atoms with Crippen molar-refractivity contribution in [1.29, 1.82) is 0 Å². The number of hydrogen-bond acceptors (Lipinski definition) is 6. The highest BCUT2D eigenvalue weighted by atomic mass is 19.1. The molecular formula is C19H26FN5O2. The van der Waals surface area contributed by atoms with Gasteiger partial charge in [-0.3, -0.25) is 14.6 Å². The van der Waals surface area contributed by atoms with E-state index in [2.05, 4.69) is 32.2 Å². The molecule has 0 radical (unpaired) electrons. The first-order valence-corrected chi connectivity index (χ1v) is 9.44. The largest absolute Gasteiger partial charge is 0.355 e. The number of benzene rings is 1. The molecule has 1 aliphatic rings. The Bertz CT molecular complexity index is 726. The van der Waals surface area contributed by atoms with Crippen LogP contribution in [0.3, 0.4) is 0 Å². The van der Waals surface area contributed by atoms with Gasteiger partial charge in [0.25, 0.3) is 0 Å². The summed E-state index contributed by atoms with van der Waals surface area (Å²) in [6.07, 6.45) is 2.10. The number of halogens is 1. The van der Waals surface area contributed by atoms with E-state index in [1.54, 1.807) is 12.1 Å². The van der Waals surface area contributed by atoms with Crippen LogP contribution in [0.1, 0.15) is 25.7 Å². The zero-order valence-electron chi connectivity index (χ0n) is 15.7. The number of unbranched alkanes of at least 4 members (excludes halogenated alkanes) is 1. The molecule has 3 rings (SSSR count). The average molecular weight is 375 g/mol. The number of hydrogen-bond donors (Lipinski definition) is 1. The van der Waals surface area contributed by atoms with Crippen LogP contribution in [-0.4, -0.2) is 65.1 Å². The molecule has 1 amide bonds. The summed E-state index contributed by atoms with van der Waals surface area (Å²) in [5.41, 5.74) is 0.727. The topological polar surface area (TPSA) is 74.5 Å². The Labute approximate surface area is 158 Å². The van der Waals surface area contributed by atoms with Gasteiger partial charge in [-0.15, -0.1) is 0 Å².